The van der Waals surface area contributed by atoms with Crippen molar-refractivity contribution in [1.82, 2.24) is 5.01 Å². The summed E-state index contributed by atoms with van der Waals surface area (Å²) in [5.74, 6) is -0.316. The predicted molar refractivity (Wildman–Crippen MR) is 37.0 cm³/mol. The second-order valence-corrected chi connectivity index (χ2v) is 1.77. The van der Waals surface area contributed by atoms with Gasteiger partial charge in [0.05, 0.1) is 6.21 Å². The Morgan fingerprint density at radius 3 is 2.44 bits per heavy atom. The molecule has 0 aliphatic rings. The van der Waals surface area contributed by atoms with Crippen LogP contribution in [0, 0.1) is 0 Å². The molecule has 3 heteroatoms. The fraction of sp³-hybridized carbons (Fsp3) is 0.500. The molecule has 0 fully saturated rings. The molecule has 0 atom stereocenters. The zero-order chi connectivity index (χ0) is 7.28. The molecule has 0 aliphatic carbocycles. The van der Waals surface area contributed by atoms with E-state index in [0.29, 0.717) is 0 Å². The Bertz CT molecular complexity index is 127. The van der Waals surface area contributed by atoms with Gasteiger partial charge in [-0.05, 0) is 6.92 Å². The largest absolute Gasteiger partial charge is 0.303 e. The topological polar surface area (TPSA) is 15.6 Å². The highest BCUT2D eigenvalue weighted by Crippen LogP contribution is 1.89. The molecule has 0 N–H and O–H groups in total. The van der Waals surface area contributed by atoms with Crippen LogP contribution in [0.25, 0.3) is 0 Å². The molecule has 0 aromatic heterocycles. The van der Waals surface area contributed by atoms with E-state index in [-0.39, 0.29) is 5.83 Å². The van der Waals surface area contributed by atoms with Gasteiger partial charge in [-0.2, -0.15) is 5.10 Å². The van der Waals surface area contributed by atoms with Gasteiger partial charge in [-0.1, -0.05) is 6.08 Å². The lowest BCUT2D eigenvalue weighted by Gasteiger charge is -2.00. The van der Waals surface area contributed by atoms with E-state index in [1.54, 1.807) is 21.0 Å². The normalized spacial score (nSPS) is 12.7. The number of nitrogens with zero attached hydrogens (tertiary/aromatic N) is 2. The molecule has 9 heavy (non-hydrogen) atoms. The molecule has 0 radical (unpaired) electrons. The molecule has 0 saturated carbocycles. The van der Waals surface area contributed by atoms with Crippen molar-refractivity contribution < 1.29 is 4.39 Å². The standard InChI is InChI=1S/C6H11FN2/c1-4-6(7)5-8-9(2)3/h4-5H,1-3H3/b6-4-,8-5+. The van der Waals surface area contributed by atoms with Gasteiger partial charge >= 0.3 is 0 Å². The number of hydrazone groups is 1. The van der Waals surface area contributed by atoms with Crippen molar-refractivity contribution in [2.45, 2.75) is 6.92 Å². The summed E-state index contributed by atoms with van der Waals surface area (Å²) < 4.78 is 12.2. The smallest absolute Gasteiger partial charge is 0.138 e. The average molecular weight is 130 g/mol. The van der Waals surface area contributed by atoms with E-state index < -0.39 is 0 Å². The molecule has 0 heterocycles. The van der Waals surface area contributed by atoms with Crippen molar-refractivity contribution in [3.8, 4) is 0 Å². The first-order valence-electron chi connectivity index (χ1n) is 2.70. The highest BCUT2D eigenvalue weighted by molar-refractivity contribution is 5.74. The summed E-state index contributed by atoms with van der Waals surface area (Å²) in [6.07, 6.45) is 2.52. The number of allylic oxidation sites excluding steroid dienone is 2. The maximum atomic E-state index is 12.2. The first-order chi connectivity index (χ1) is 4.16. The zero-order valence-electron chi connectivity index (χ0n) is 5.93. The van der Waals surface area contributed by atoms with Gasteiger partial charge in [0.15, 0.2) is 0 Å². The summed E-state index contributed by atoms with van der Waals surface area (Å²) in [6.45, 7) is 1.62. The van der Waals surface area contributed by atoms with E-state index in [1.807, 2.05) is 0 Å². The van der Waals surface area contributed by atoms with Crippen LogP contribution in [0.3, 0.4) is 0 Å². The van der Waals surface area contributed by atoms with E-state index >= 15 is 0 Å². The SMILES string of the molecule is C/C=C(F)/C=N/N(C)C. The maximum absolute atomic E-state index is 12.2. The fourth-order valence-corrected chi connectivity index (χ4v) is 0.245. The van der Waals surface area contributed by atoms with Gasteiger partial charge in [-0.25, -0.2) is 4.39 Å². The quantitative estimate of drug-likeness (QED) is 0.407. The number of rotatable bonds is 2. The van der Waals surface area contributed by atoms with Crippen LogP contribution in [0.2, 0.25) is 0 Å². The van der Waals surface area contributed by atoms with Crippen molar-refractivity contribution >= 4 is 6.21 Å². The molecule has 0 amide bonds. The Hall–Kier alpha value is -0.860. The van der Waals surface area contributed by atoms with Gasteiger partial charge in [0.1, 0.15) is 5.83 Å². The lowest BCUT2D eigenvalue weighted by atomic mass is 10.5. The van der Waals surface area contributed by atoms with Gasteiger partial charge in [-0.15, -0.1) is 0 Å². The number of halogens is 1. The molecule has 0 aliphatic heterocycles. The maximum Gasteiger partial charge on any atom is 0.138 e. The first kappa shape index (κ1) is 8.14. The lowest BCUT2D eigenvalue weighted by molar-refractivity contribution is 0.438. The molecule has 0 rings (SSSR count). The van der Waals surface area contributed by atoms with Crippen LogP contribution in [0.4, 0.5) is 4.39 Å². The zero-order valence-corrected chi connectivity index (χ0v) is 5.93. The van der Waals surface area contributed by atoms with Gasteiger partial charge in [0.2, 0.25) is 0 Å². The van der Waals surface area contributed by atoms with Crippen molar-refractivity contribution in [3.05, 3.63) is 11.9 Å². The Balaban J connectivity index is 3.71. The summed E-state index contributed by atoms with van der Waals surface area (Å²) in [6, 6.07) is 0. The summed E-state index contributed by atoms with van der Waals surface area (Å²) in [5, 5.41) is 5.19. The fourth-order valence-electron chi connectivity index (χ4n) is 0.245. The van der Waals surface area contributed by atoms with Crippen LogP contribution in [0.5, 0.6) is 0 Å². The Labute approximate surface area is 54.7 Å². The summed E-state index contributed by atoms with van der Waals surface area (Å²) in [7, 11) is 3.47. The van der Waals surface area contributed by atoms with Crippen LogP contribution < -0.4 is 0 Å². The van der Waals surface area contributed by atoms with Gasteiger partial charge in [-0.3, -0.25) is 0 Å². The third-order valence-electron chi connectivity index (χ3n) is 0.688. The third kappa shape index (κ3) is 5.00. The molecule has 0 aromatic carbocycles. The monoisotopic (exact) mass is 130 g/mol. The van der Waals surface area contributed by atoms with Crippen molar-refractivity contribution in [1.29, 1.82) is 0 Å². The molecule has 52 valence electrons. The Morgan fingerprint density at radius 1 is 1.56 bits per heavy atom. The Morgan fingerprint density at radius 2 is 2.11 bits per heavy atom. The summed E-state index contributed by atoms with van der Waals surface area (Å²) in [4.78, 5) is 0. The molecular formula is C6H11FN2. The van der Waals surface area contributed by atoms with Crippen molar-refractivity contribution in [2.24, 2.45) is 5.10 Å². The van der Waals surface area contributed by atoms with Crippen LogP contribution in [0.1, 0.15) is 6.92 Å². The second kappa shape index (κ2) is 4.06. The van der Waals surface area contributed by atoms with Crippen LogP contribution in [0.15, 0.2) is 17.0 Å². The molecular weight excluding hydrogens is 119 g/mol. The number of hydrogen-bond donors (Lipinski definition) is 0. The Kier molecular flexibility index (Phi) is 3.67. The minimum Gasteiger partial charge on any atom is -0.303 e. The second-order valence-electron chi connectivity index (χ2n) is 1.77. The average Bonchev–Trinajstić information content (AvgIpc) is 1.83. The van der Waals surface area contributed by atoms with Crippen LogP contribution >= 0.6 is 0 Å². The molecule has 0 saturated heterocycles. The van der Waals surface area contributed by atoms with Crippen LogP contribution in [-0.2, 0) is 0 Å². The molecule has 0 bridgehead atoms. The van der Waals surface area contributed by atoms with E-state index in [1.165, 1.54) is 17.3 Å². The van der Waals surface area contributed by atoms with E-state index in [9.17, 15) is 4.39 Å². The molecule has 2 nitrogen and oxygen atoms in total. The minimum atomic E-state index is -0.316. The first-order valence-corrected chi connectivity index (χ1v) is 2.70. The third-order valence-corrected chi connectivity index (χ3v) is 0.688. The molecule has 0 aromatic rings. The highest BCUT2D eigenvalue weighted by Gasteiger charge is 1.82. The van der Waals surface area contributed by atoms with Crippen molar-refractivity contribution in [3.63, 3.8) is 0 Å². The van der Waals surface area contributed by atoms with E-state index in [4.69, 9.17) is 0 Å². The molecule has 0 spiro atoms. The minimum absolute atomic E-state index is 0.316. The van der Waals surface area contributed by atoms with E-state index in [0.717, 1.165) is 0 Å². The summed E-state index contributed by atoms with van der Waals surface area (Å²) in [5.41, 5.74) is 0. The van der Waals surface area contributed by atoms with Gasteiger partial charge in [0.25, 0.3) is 0 Å². The number of hydrogen-bond acceptors (Lipinski definition) is 2. The summed E-state index contributed by atoms with van der Waals surface area (Å²) >= 11 is 0. The predicted octanol–water partition coefficient (Wildman–Crippen LogP) is 1.41. The highest BCUT2D eigenvalue weighted by atomic mass is 19.1. The van der Waals surface area contributed by atoms with Gasteiger partial charge in [0, 0.05) is 14.1 Å². The van der Waals surface area contributed by atoms with Crippen LogP contribution in [-0.4, -0.2) is 25.3 Å². The molecule has 0 unspecified atom stereocenters. The lowest BCUT2D eigenvalue weighted by Crippen LogP contribution is -2.01. The van der Waals surface area contributed by atoms with Crippen molar-refractivity contribution in [2.75, 3.05) is 14.1 Å². The van der Waals surface area contributed by atoms with E-state index in [2.05, 4.69) is 5.10 Å². The van der Waals surface area contributed by atoms with Gasteiger partial charge < -0.3 is 5.01 Å².